The number of hydrogen-bond donors (Lipinski definition) is 2. The van der Waals surface area contributed by atoms with Crippen molar-refractivity contribution in [2.24, 2.45) is 0 Å². The van der Waals surface area contributed by atoms with Crippen LogP contribution in [0.15, 0.2) is 59.0 Å². The topological polar surface area (TPSA) is 84.9 Å². The van der Waals surface area contributed by atoms with Crippen molar-refractivity contribution in [3.63, 3.8) is 0 Å². The highest BCUT2D eigenvalue weighted by molar-refractivity contribution is 7.99. The molecule has 3 rings (SSSR count). The molecule has 0 spiro atoms. The summed E-state index contributed by atoms with van der Waals surface area (Å²) < 4.78 is 5.23. The summed E-state index contributed by atoms with van der Waals surface area (Å²) in [5, 5.41) is 8.36. The third-order valence-electron chi connectivity index (χ3n) is 3.22. The highest BCUT2D eigenvalue weighted by atomic mass is 35.5. The van der Waals surface area contributed by atoms with Gasteiger partial charge in [0.25, 0.3) is 0 Å². The number of methoxy groups -OCH3 is 1. The first-order valence-electron chi connectivity index (χ1n) is 7.79. The van der Waals surface area contributed by atoms with Crippen LogP contribution in [0.2, 0.25) is 5.02 Å². The number of rotatable bonds is 6. The first kappa shape index (κ1) is 19.3. The van der Waals surface area contributed by atoms with Gasteiger partial charge in [0.2, 0.25) is 11.8 Å². The molecule has 0 atom stereocenters. The number of thiocarbonyl (C=S) groups is 1. The van der Waals surface area contributed by atoms with E-state index in [4.69, 9.17) is 28.6 Å². The van der Waals surface area contributed by atoms with Crippen molar-refractivity contribution >= 4 is 46.6 Å². The smallest absolute Gasteiger partial charge is 0.233 e. The van der Waals surface area contributed by atoms with Gasteiger partial charge in [-0.2, -0.15) is 4.98 Å². The molecule has 2 N–H and O–H groups in total. The molecule has 0 radical (unpaired) electrons. The molecule has 10 heteroatoms. The Bertz CT molecular complexity index is 911. The van der Waals surface area contributed by atoms with Crippen LogP contribution in [0.25, 0.3) is 0 Å². The van der Waals surface area contributed by atoms with Gasteiger partial charge in [-0.3, -0.25) is 0 Å². The second kappa shape index (κ2) is 9.45. The minimum Gasteiger partial charge on any atom is -0.481 e. The van der Waals surface area contributed by atoms with Gasteiger partial charge in [-0.1, -0.05) is 23.7 Å². The van der Waals surface area contributed by atoms with E-state index in [-0.39, 0.29) is 0 Å². The predicted octanol–water partition coefficient (Wildman–Crippen LogP) is 3.57. The first-order valence-corrected chi connectivity index (χ1v) is 9.40. The summed E-state index contributed by atoms with van der Waals surface area (Å²) in [6.45, 7) is 0.548. The molecule has 0 saturated heterocycles. The number of aromatic nitrogens is 4. The molecule has 0 unspecified atom stereocenters. The minimum atomic E-state index is 0.321. The van der Waals surface area contributed by atoms with Crippen LogP contribution in [-0.2, 0) is 6.54 Å². The predicted molar refractivity (Wildman–Crippen MR) is 109 cm³/mol. The van der Waals surface area contributed by atoms with Crippen LogP contribution < -0.4 is 15.4 Å². The standard InChI is InChI=1S/C17H15ClN6OS2/c1-25-13-9-14(27-17-19-7-2-8-20-17)23-15(22-13)24-16(26)21-10-11-3-5-12(18)6-4-11/h2-9H,10H2,1H3,(H2,21,22,23,24,26). The Morgan fingerprint density at radius 2 is 1.93 bits per heavy atom. The average Bonchev–Trinajstić information content (AvgIpc) is 2.68. The Hall–Kier alpha value is -2.49. The van der Waals surface area contributed by atoms with E-state index < -0.39 is 0 Å². The lowest BCUT2D eigenvalue weighted by Gasteiger charge is -2.11. The molecule has 138 valence electrons. The molecule has 0 bridgehead atoms. The van der Waals surface area contributed by atoms with Crippen molar-refractivity contribution in [1.29, 1.82) is 0 Å². The van der Waals surface area contributed by atoms with Gasteiger partial charge in [0.15, 0.2) is 10.3 Å². The molecular weight excluding hydrogens is 404 g/mol. The number of nitrogens with zero attached hydrogens (tertiary/aromatic N) is 4. The van der Waals surface area contributed by atoms with Crippen molar-refractivity contribution < 1.29 is 4.74 Å². The largest absolute Gasteiger partial charge is 0.481 e. The summed E-state index contributed by atoms with van der Waals surface area (Å²) in [5.41, 5.74) is 1.05. The van der Waals surface area contributed by atoms with Crippen molar-refractivity contribution in [2.45, 2.75) is 16.7 Å². The van der Waals surface area contributed by atoms with E-state index >= 15 is 0 Å². The van der Waals surface area contributed by atoms with Crippen molar-refractivity contribution in [2.75, 3.05) is 12.4 Å². The summed E-state index contributed by atoms with van der Waals surface area (Å²) in [6, 6.07) is 11.0. The molecule has 0 fully saturated rings. The second-order valence-corrected chi connectivity index (χ2v) is 6.97. The van der Waals surface area contributed by atoms with Gasteiger partial charge in [-0.05, 0) is 47.7 Å². The lowest BCUT2D eigenvalue weighted by atomic mass is 10.2. The van der Waals surface area contributed by atoms with Crippen LogP contribution >= 0.6 is 35.6 Å². The van der Waals surface area contributed by atoms with E-state index in [1.54, 1.807) is 24.5 Å². The van der Waals surface area contributed by atoms with E-state index in [2.05, 4.69) is 30.6 Å². The lowest BCUT2D eigenvalue weighted by molar-refractivity contribution is 0.396. The van der Waals surface area contributed by atoms with Crippen LogP contribution in [0.3, 0.4) is 0 Å². The summed E-state index contributed by atoms with van der Waals surface area (Å²) in [6.07, 6.45) is 3.34. The van der Waals surface area contributed by atoms with Crippen LogP contribution in [0, 0.1) is 0 Å². The van der Waals surface area contributed by atoms with Crippen LogP contribution in [0.5, 0.6) is 5.88 Å². The second-order valence-electron chi connectivity index (χ2n) is 5.14. The zero-order valence-corrected chi connectivity index (χ0v) is 16.6. The van der Waals surface area contributed by atoms with E-state index in [0.29, 0.717) is 38.7 Å². The van der Waals surface area contributed by atoms with E-state index in [1.807, 2.05) is 24.3 Å². The summed E-state index contributed by atoms with van der Waals surface area (Å²) in [4.78, 5) is 17.0. The third kappa shape index (κ3) is 6.02. The lowest BCUT2D eigenvalue weighted by Crippen LogP contribution is -2.28. The van der Waals surface area contributed by atoms with Crippen LogP contribution in [0.1, 0.15) is 5.56 Å². The molecule has 7 nitrogen and oxygen atoms in total. The van der Waals surface area contributed by atoms with E-state index in [9.17, 15) is 0 Å². The first-order chi connectivity index (χ1) is 13.1. The molecule has 0 aliphatic carbocycles. The summed E-state index contributed by atoms with van der Waals surface area (Å²) >= 11 is 12.5. The van der Waals surface area contributed by atoms with Gasteiger partial charge in [0.05, 0.1) is 7.11 Å². The normalized spacial score (nSPS) is 10.3. The molecule has 0 aliphatic rings. The zero-order valence-electron chi connectivity index (χ0n) is 14.2. The fourth-order valence-corrected chi connectivity index (χ4v) is 2.97. The fraction of sp³-hybridized carbons (Fsp3) is 0.118. The molecule has 3 aromatic rings. The Kier molecular flexibility index (Phi) is 6.74. The summed E-state index contributed by atoms with van der Waals surface area (Å²) in [7, 11) is 1.54. The average molecular weight is 419 g/mol. The number of anilines is 1. The third-order valence-corrected chi connectivity index (χ3v) is 4.53. The van der Waals surface area contributed by atoms with Crippen LogP contribution in [0.4, 0.5) is 5.95 Å². The number of nitrogens with one attached hydrogen (secondary N) is 2. The van der Waals surface area contributed by atoms with Gasteiger partial charge in [0.1, 0.15) is 5.03 Å². The molecule has 0 amide bonds. The molecule has 27 heavy (non-hydrogen) atoms. The molecule has 1 aromatic carbocycles. The molecule has 0 saturated carbocycles. The van der Waals surface area contributed by atoms with E-state index in [1.165, 1.54) is 18.9 Å². The molecular formula is C17H15ClN6OS2. The van der Waals surface area contributed by atoms with Gasteiger partial charge >= 0.3 is 0 Å². The fourth-order valence-electron chi connectivity index (χ4n) is 1.98. The summed E-state index contributed by atoms with van der Waals surface area (Å²) in [5.74, 6) is 0.729. The maximum absolute atomic E-state index is 5.89. The highest BCUT2D eigenvalue weighted by Crippen LogP contribution is 2.25. The highest BCUT2D eigenvalue weighted by Gasteiger charge is 2.09. The Morgan fingerprint density at radius 3 is 2.63 bits per heavy atom. The van der Waals surface area contributed by atoms with Gasteiger partial charge < -0.3 is 15.4 Å². The Balaban J connectivity index is 1.65. The van der Waals surface area contributed by atoms with E-state index in [0.717, 1.165) is 5.56 Å². The Labute approximate surface area is 171 Å². The van der Waals surface area contributed by atoms with Gasteiger partial charge in [-0.25, -0.2) is 15.0 Å². The van der Waals surface area contributed by atoms with Crippen molar-refractivity contribution in [3.8, 4) is 5.88 Å². The minimum absolute atomic E-state index is 0.321. The van der Waals surface area contributed by atoms with Crippen molar-refractivity contribution in [3.05, 3.63) is 59.4 Å². The van der Waals surface area contributed by atoms with Gasteiger partial charge in [-0.15, -0.1) is 0 Å². The molecule has 0 aliphatic heterocycles. The van der Waals surface area contributed by atoms with Gasteiger partial charge in [0, 0.05) is 30.0 Å². The molecule has 2 heterocycles. The number of benzene rings is 1. The van der Waals surface area contributed by atoms with Crippen LogP contribution in [-0.4, -0.2) is 32.2 Å². The quantitative estimate of drug-likeness (QED) is 0.354. The molecule has 2 aromatic heterocycles. The number of ether oxygens (including phenoxy) is 1. The van der Waals surface area contributed by atoms with Crippen molar-refractivity contribution in [1.82, 2.24) is 25.3 Å². The SMILES string of the molecule is COc1cc(Sc2ncccn2)nc(NC(=S)NCc2ccc(Cl)cc2)n1. The number of hydrogen-bond acceptors (Lipinski definition) is 7. The maximum Gasteiger partial charge on any atom is 0.233 e. The Morgan fingerprint density at radius 1 is 1.19 bits per heavy atom. The maximum atomic E-state index is 5.89. The monoisotopic (exact) mass is 418 g/mol. The zero-order chi connectivity index (χ0) is 19.1. The number of halogens is 1.